The molecule has 0 aliphatic carbocycles. The highest BCUT2D eigenvalue weighted by molar-refractivity contribution is 7.99. The molecule has 27 heavy (non-hydrogen) atoms. The van der Waals surface area contributed by atoms with Crippen molar-refractivity contribution in [1.82, 2.24) is 9.55 Å². The number of quaternary nitrogens is 1. The number of hydrogen-bond acceptors (Lipinski definition) is 4. The molecule has 4 nitrogen and oxygen atoms in total. The molecule has 144 valence electrons. The lowest BCUT2D eigenvalue weighted by Crippen LogP contribution is -3.00. The summed E-state index contributed by atoms with van der Waals surface area (Å²) in [5.41, 5.74) is 1.74. The van der Waals surface area contributed by atoms with Crippen molar-refractivity contribution in [3.05, 3.63) is 52.1 Å². The Labute approximate surface area is 185 Å². The fourth-order valence-corrected chi connectivity index (χ4v) is 5.60. The van der Waals surface area contributed by atoms with E-state index in [0.717, 1.165) is 37.8 Å². The largest absolute Gasteiger partial charge is 1.00 e. The van der Waals surface area contributed by atoms with Crippen molar-refractivity contribution in [1.29, 1.82) is 0 Å². The molecule has 0 unspecified atom stereocenters. The summed E-state index contributed by atoms with van der Waals surface area (Å²) in [4.78, 5) is 17.9. The van der Waals surface area contributed by atoms with Gasteiger partial charge in [0.25, 0.3) is 5.56 Å². The standard InChI is InChI=1S/C20H24N3OS2.HI/c1-23(11-6-3-7-12-23)13-15-26-20-21-17-10-14-25-18(17)19(24)22(20)16-8-4-2-5-9-16;/h2,4-5,8-10,14H,3,6-7,11-13,15H2,1H3;1H/q+1;/p-1. The molecule has 0 amide bonds. The highest BCUT2D eigenvalue weighted by atomic mass is 127. The molecule has 0 atom stereocenters. The Morgan fingerprint density at radius 1 is 1.15 bits per heavy atom. The van der Waals surface area contributed by atoms with Gasteiger partial charge in [-0.2, -0.15) is 0 Å². The number of thiophene rings is 1. The molecule has 4 rings (SSSR count). The van der Waals surface area contributed by atoms with Gasteiger partial charge in [0.15, 0.2) is 5.16 Å². The lowest BCUT2D eigenvalue weighted by Gasteiger charge is -2.37. The Kier molecular flexibility index (Phi) is 6.99. The van der Waals surface area contributed by atoms with Crippen molar-refractivity contribution < 1.29 is 28.5 Å². The van der Waals surface area contributed by atoms with E-state index in [9.17, 15) is 4.79 Å². The summed E-state index contributed by atoms with van der Waals surface area (Å²) in [6, 6.07) is 11.8. The van der Waals surface area contributed by atoms with Crippen LogP contribution in [0.4, 0.5) is 0 Å². The van der Waals surface area contributed by atoms with Gasteiger partial charge >= 0.3 is 0 Å². The minimum atomic E-state index is 0. The van der Waals surface area contributed by atoms with Crippen LogP contribution in [-0.2, 0) is 0 Å². The van der Waals surface area contributed by atoms with E-state index in [1.165, 1.54) is 43.7 Å². The smallest absolute Gasteiger partial charge is 0.276 e. The van der Waals surface area contributed by atoms with Gasteiger partial charge in [0.05, 0.1) is 43.6 Å². The third kappa shape index (κ3) is 4.58. The molecule has 1 aliphatic rings. The highest BCUT2D eigenvalue weighted by Crippen LogP contribution is 2.25. The number of thioether (sulfide) groups is 1. The SMILES string of the molecule is C[N+]1(CCSc2nc3ccsc3c(=O)n2-c2ccccc2)CCCCC1.[I-]. The van der Waals surface area contributed by atoms with E-state index in [4.69, 9.17) is 4.98 Å². The monoisotopic (exact) mass is 513 g/mol. The van der Waals surface area contributed by atoms with Gasteiger partial charge in [0.2, 0.25) is 0 Å². The first-order chi connectivity index (χ1) is 12.7. The maximum atomic E-state index is 13.1. The molecular formula is C20H24IN3OS2. The van der Waals surface area contributed by atoms with E-state index in [-0.39, 0.29) is 29.5 Å². The van der Waals surface area contributed by atoms with Gasteiger partial charge in [-0.1, -0.05) is 30.0 Å². The van der Waals surface area contributed by atoms with E-state index in [0.29, 0.717) is 0 Å². The predicted molar refractivity (Wildman–Crippen MR) is 111 cm³/mol. The van der Waals surface area contributed by atoms with Gasteiger partial charge in [-0.15, -0.1) is 11.3 Å². The Bertz CT molecular complexity index is 949. The Balaban J connectivity index is 0.00000210. The number of piperidine rings is 1. The first kappa shape index (κ1) is 20.8. The topological polar surface area (TPSA) is 34.9 Å². The van der Waals surface area contributed by atoms with Crippen molar-refractivity contribution >= 4 is 33.3 Å². The summed E-state index contributed by atoms with van der Waals surface area (Å²) in [5.74, 6) is 0.978. The van der Waals surface area contributed by atoms with Gasteiger partial charge in [0.1, 0.15) is 4.70 Å². The van der Waals surface area contributed by atoms with E-state index in [2.05, 4.69) is 7.05 Å². The van der Waals surface area contributed by atoms with Gasteiger partial charge < -0.3 is 28.5 Å². The molecule has 1 aromatic carbocycles. The summed E-state index contributed by atoms with van der Waals surface area (Å²) >= 11 is 3.18. The molecule has 0 bridgehead atoms. The fraction of sp³-hybridized carbons (Fsp3) is 0.400. The quantitative estimate of drug-likeness (QED) is 0.223. The number of para-hydroxylation sites is 1. The van der Waals surface area contributed by atoms with Crippen LogP contribution in [0.3, 0.4) is 0 Å². The van der Waals surface area contributed by atoms with Gasteiger partial charge in [-0.05, 0) is 42.8 Å². The van der Waals surface area contributed by atoms with Crippen LogP contribution < -0.4 is 29.5 Å². The summed E-state index contributed by atoms with van der Waals surface area (Å²) in [6.07, 6.45) is 4.02. The third-order valence-electron chi connectivity index (χ3n) is 5.22. The van der Waals surface area contributed by atoms with Gasteiger partial charge in [0, 0.05) is 0 Å². The van der Waals surface area contributed by atoms with Crippen LogP contribution in [0.15, 0.2) is 51.7 Å². The van der Waals surface area contributed by atoms with Gasteiger partial charge in [-0.25, -0.2) is 4.98 Å². The lowest BCUT2D eigenvalue weighted by atomic mass is 10.1. The maximum absolute atomic E-state index is 13.1. The highest BCUT2D eigenvalue weighted by Gasteiger charge is 2.24. The summed E-state index contributed by atoms with van der Waals surface area (Å²) < 4.78 is 3.65. The normalized spacial score (nSPS) is 16.2. The molecule has 0 saturated carbocycles. The number of likely N-dealkylation sites (tertiary alicyclic amines) is 1. The van der Waals surface area contributed by atoms with E-state index >= 15 is 0 Å². The second-order valence-corrected chi connectivity index (χ2v) is 9.18. The minimum absolute atomic E-state index is 0. The molecule has 1 aliphatic heterocycles. The molecular weight excluding hydrogens is 489 g/mol. The molecule has 3 heterocycles. The first-order valence-electron chi connectivity index (χ1n) is 9.18. The second-order valence-electron chi connectivity index (χ2n) is 7.20. The van der Waals surface area contributed by atoms with Crippen LogP contribution in [-0.4, -0.2) is 46.5 Å². The van der Waals surface area contributed by atoms with Crippen LogP contribution >= 0.6 is 23.1 Å². The number of benzene rings is 1. The van der Waals surface area contributed by atoms with Gasteiger partial charge in [-0.3, -0.25) is 9.36 Å². The van der Waals surface area contributed by atoms with Crippen LogP contribution in [0.2, 0.25) is 0 Å². The Morgan fingerprint density at radius 3 is 2.63 bits per heavy atom. The molecule has 0 radical (unpaired) electrons. The summed E-state index contributed by atoms with van der Waals surface area (Å²) in [6.45, 7) is 3.66. The molecule has 0 N–H and O–H groups in total. The van der Waals surface area contributed by atoms with Crippen LogP contribution in [0.5, 0.6) is 0 Å². The average Bonchev–Trinajstić information content (AvgIpc) is 3.12. The number of nitrogens with zero attached hydrogens (tertiary/aromatic N) is 3. The third-order valence-corrected chi connectivity index (χ3v) is 7.03. The van der Waals surface area contributed by atoms with E-state index < -0.39 is 0 Å². The lowest BCUT2D eigenvalue weighted by molar-refractivity contribution is -0.911. The van der Waals surface area contributed by atoms with Crippen molar-refractivity contribution in [3.8, 4) is 5.69 Å². The Hall–Kier alpha value is -0.900. The molecule has 7 heteroatoms. The maximum Gasteiger partial charge on any atom is 0.276 e. The molecule has 0 spiro atoms. The zero-order valence-corrected chi connectivity index (χ0v) is 19.2. The van der Waals surface area contributed by atoms with Crippen molar-refractivity contribution in [2.75, 3.05) is 32.4 Å². The first-order valence-corrected chi connectivity index (χ1v) is 11.0. The zero-order chi connectivity index (χ0) is 18.0. The molecule has 1 fully saturated rings. The van der Waals surface area contributed by atoms with Crippen LogP contribution in [0.1, 0.15) is 19.3 Å². The van der Waals surface area contributed by atoms with Crippen LogP contribution in [0, 0.1) is 0 Å². The van der Waals surface area contributed by atoms with Crippen molar-refractivity contribution in [3.63, 3.8) is 0 Å². The number of hydrogen-bond donors (Lipinski definition) is 0. The number of fused-ring (bicyclic) bond motifs is 1. The summed E-state index contributed by atoms with van der Waals surface area (Å²) in [7, 11) is 2.36. The second kappa shape index (κ2) is 9.07. The van der Waals surface area contributed by atoms with Crippen LogP contribution in [0.25, 0.3) is 15.9 Å². The predicted octanol–water partition coefficient (Wildman–Crippen LogP) is 1.17. The number of halogens is 1. The number of aromatic nitrogens is 2. The molecule has 3 aromatic rings. The Morgan fingerprint density at radius 2 is 1.89 bits per heavy atom. The average molecular weight is 513 g/mol. The van der Waals surface area contributed by atoms with Crippen molar-refractivity contribution in [2.24, 2.45) is 0 Å². The fourth-order valence-electron chi connectivity index (χ4n) is 3.65. The zero-order valence-electron chi connectivity index (χ0n) is 15.4. The molecule has 2 aromatic heterocycles. The number of rotatable bonds is 5. The van der Waals surface area contributed by atoms with E-state index in [1.54, 1.807) is 16.3 Å². The molecule has 1 saturated heterocycles. The minimum Gasteiger partial charge on any atom is -1.00 e. The van der Waals surface area contributed by atoms with E-state index in [1.807, 2.05) is 41.8 Å². The van der Waals surface area contributed by atoms with Crippen molar-refractivity contribution in [2.45, 2.75) is 24.4 Å². The summed E-state index contributed by atoms with van der Waals surface area (Å²) in [5, 5.41) is 2.75.